The number of aromatic nitrogens is 4. The number of nitrogen functional groups attached to an aromatic ring is 1. The molecule has 412 valence electrons. The zero-order valence-corrected chi connectivity index (χ0v) is 44.6. The van der Waals surface area contributed by atoms with Crippen molar-refractivity contribution in [3.05, 3.63) is 62.8 Å². The third-order valence-corrected chi connectivity index (χ3v) is 18.4. The quantitative estimate of drug-likeness (QED) is 0.0196. The number of nitrogens with zero attached hydrogens (tertiary/aromatic N) is 6. The van der Waals surface area contributed by atoms with Gasteiger partial charge in [0.05, 0.1) is 31.4 Å². The van der Waals surface area contributed by atoms with E-state index in [-0.39, 0.29) is 35.9 Å². The topological polar surface area (TPSA) is 399 Å². The minimum atomic E-state index is -5.83. The summed E-state index contributed by atoms with van der Waals surface area (Å²) in [5, 5.41) is 25.8. The maximum absolute atomic E-state index is 12.9. The Morgan fingerprint density at radius 3 is 2.47 bits per heavy atom. The molecule has 1 saturated heterocycles. The van der Waals surface area contributed by atoms with Gasteiger partial charge in [-0.05, 0) is 70.6 Å². The van der Waals surface area contributed by atoms with Crippen LogP contribution in [-0.4, -0.2) is 132 Å². The van der Waals surface area contributed by atoms with E-state index in [1.165, 1.54) is 5.56 Å². The van der Waals surface area contributed by atoms with Crippen molar-refractivity contribution in [3.8, 4) is 11.5 Å². The molecule has 0 saturated carbocycles. The zero-order chi connectivity index (χ0) is 54.3. The van der Waals surface area contributed by atoms with Gasteiger partial charge in [0.25, 0.3) is 15.7 Å². The number of fused-ring (bicyclic) bond motifs is 5. The Hall–Kier alpha value is -4.54. The molecule has 4 aliphatic heterocycles. The number of phosphoric acid groups is 3. The monoisotopic (exact) mass is 1130 g/mol. The summed E-state index contributed by atoms with van der Waals surface area (Å²) in [6.45, 7) is 7.19. The number of hydrogen-bond donors (Lipinski definition) is 9. The van der Waals surface area contributed by atoms with Crippen LogP contribution in [0.1, 0.15) is 95.4 Å². The molecule has 4 unspecified atom stereocenters. The molecule has 0 bridgehead atoms. The molecule has 4 aliphatic rings. The predicted octanol–water partition coefficient (Wildman–Crippen LogP) is 2.32. The summed E-state index contributed by atoms with van der Waals surface area (Å²) < 4.78 is 105. The van der Waals surface area contributed by atoms with Crippen molar-refractivity contribution in [2.75, 3.05) is 55.8 Å². The molecule has 0 radical (unpaired) electrons. The number of unbranched alkanes of at least 4 members (excludes halogenated alkanes) is 3. The Kier molecular flexibility index (Phi) is 16.9. The second-order valence-electron chi connectivity index (χ2n) is 19.2. The first-order valence-corrected chi connectivity index (χ1v) is 30.2. The lowest BCUT2D eigenvalue weighted by Crippen LogP contribution is -2.50. The first kappa shape index (κ1) is 56.7. The third kappa shape index (κ3) is 13.6. The van der Waals surface area contributed by atoms with Crippen molar-refractivity contribution in [1.82, 2.24) is 29.4 Å². The highest BCUT2D eigenvalue weighted by Crippen LogP contribution is 2.68. The van der Waals surface area contributed by atoms with Crippen LogP contribution in [-0.2, 0) is 57.4 Å². The van der Waals surface area contributed by atoms with E-state index in [0.717, 1.165) is 47.9 Å². The summed E-state index contributed by atoms with van der Waals surface area (Å²) in [6, 6.07) is 7.80. The summed E-state index contributed by atoms with van der Waals surface area (Å²) in [7, 11) is -21.1. The van der Waals surface area contributed by atoms with Gasteiger partial charge in [0.1, 0.15) is 42.4 Å². The molecule has 8 rings (SSSR count). The molecule has 10 N–H and O–H groups in total. The molecule has 2 aromatic heterocycles. The van der Waals surface area contributed by atoms with Gasteiger partial charge in [-0.25, -0.2) is 28.2 Å². The number of benzene rings is 2. The van der Waals surface area contributed by atoms with Crippen molar-refractivity contribution in [2.45, 2.75) is 115 Å². The molecule has 2 aromatic carbocycles. The van der Waals surface area contributed by atoms with Crippen molar-refractivity contribution >= 4 is 68.0 Å². The molecule has 1 amide bonds. The van der Waals surface area contributed by atoms with Gasteiger partial charge in [-0.1, -0.05) is 12.8 Å². The molecule has 0 spiro atoms. The van der Waals surface area contributed by atoms with E-state index in [1.54, 1.807) is 0 Å². The summed E-state index contributed by atoms with van der Waals surface area (Å²) in [5.41, 5.74) is 7.20. The fourth-order valence-electron chi connectivity index (χ4n) is 9.89. The van der Waals surface area contributed by atoms with Gasteiger partial charge < -0.3 is 50.3 Å². The van der Waals surface area contributed by atoms with Gasteiger partial charge in [0, 0.05) is 54.7 Å². The number of imidazole rings is 1. The second-order valence-corrected chi connectivity index (χ2v) is 25.4. The number of phosphoric ester groups is 2. The predicted molar refractivity (Wildman–Crippen MR) is 266 cm³/mol. The zero-order valence-electron chi connectivity index (χ0n) is 41.1. The number of ether oxygens (including phenoxy) is 2. The molecule has 8 atom stereocenters. The summed E-state index contributed by atoms with van der Waals surface area (Å²) >= 11 is 0. The lowest BCUT2D eigenvalue weighted by atomic mass is 9.79. The Labute approximate surface area is 429 Å². The Morgan fingerprint density at radius 1 is 1.00 bits per heavy atom. The highest BCUT2D eigenvalue weighted by Gasteiger charge is 2.48. The third-order valence-electron chi connectivity index (χ3n) is 13.3. The van der Waals surface area contributed by atoms with Gasteiger partial charge in [-0.2, -0.15) is 22.0 Å². The number of aromatic amines is 1. The molecule has 32 heteroatoms. The van der Waals surface area contributed by atoms with Gasteiger partial charge >= 0.3 is 23.5 Å². The maximum Gasteiger partial charge on any atom is 0.490 e. The Balaban J connectivity index is 0.754. The van der Waals surface area contributed by atoms with Crippen LogP contribution in [0, 0.1) is 0 Å². The van der Waals surface area contributed by atoms with Gasteiger partial charge in [0.2, 0.25) is 17.2 Å². The van der Waals surface area contributed by atoms with Crippen LogP contribution in [0.5, 0.6) is 11.5 Å². The molecule has 75 heavy (non-hydrogen) atoms. The lowest BCUT2D eigenvalue weighted by molar-refractivity contribution is -0.121. The van der Waals surface area contributed by atoms with Crippen LogP contribution in [0.15, 0.2) is 40.4 Å². The average Bonchev–Trinajstić information content (AvgIpc) is 3.85. The summed E-state index contributed by atoms with van der Waals surface area (Å²) in [5.74, 6) is -0.334. The number of nitrogens with two attached hydrogens (primary N) is 1. The molecular weight excluding hydrogens is 1070 g/mol. The molecule has 6 heterocycles. The molecular formula is C43H61N9O19P3S+. The van der Waals surface area contributed by atoms with E-state index in [4.69, 9.17) is 24.7 Å². The van der Waals surface area contributed by atoms with Crippen molar-refractivity contribution < 1.29 is 83.5 Å². The van der Waals surface area contributed by atoms with Crippen LogP contribution in [0.3, 0.4) is 0 Å². The second kappa shape index (κ2) is 22.4. The minimum Gasteiger partial charge on any atom is -0.452 e. The number of H-pyrrole nitrogens is 1. The first-order valence-electron chi connectivity index (χ1n) is 24.1. The summed E-state index contributed by atoms with van der Waals surface area (Å²) in [6.07, 6.45) is -0.813. The highest BCUT2D eigenvalue weighted by atomic mass is 32.2. The number of aliphatic hydroxyl groups is 2. The van der Waals surface area contributed by atoms with Crippen LogP contribution in [0.4, 0.5) is 17.3 Å². The molecule has 28 nitrogen and oxygen atoms in total. The van der Waals surface area contributed by atoms with Crippen LogP contribution >= 0.6 is 23.5 Å². The molecule has 4 aromatic rings. The van der Waals surface area contributed by atoms with E-state index in [2.05, 4.69) is 55.9 Å². The van der Waals surface area contributed by atoms with Gasteiger partial charge in [0.15, 0.2) is 28.9 Å². The number of anilines is 2. The van der Waals surface area contributed by atoms with E-state index < -0.39 is 94.1 Å². The summed E-state index contributed by atoms with van der Waals surface area (Å²) in [4.78, 5) is 72.3. The van der Waals surface area contributed by atoms with Gasteiger partial charge in [-0.3, -0.25) is 32.7 Å². The highest BCUT2D eigenvalue weighted by molar-refractivity contribution is 7.85. The maximum atomic E-state index is 12.9. The van der Waals surface area contributed by atoms with Crippen molar-refractivity contribution in [3.63, 3.8) is 0 Å². The smallest absolute Gasteiger partial charge is 0.452 e. The van der Waals surface area contributed by atoms with E-state index in [1.807, 2.05) is 32.0 Å². The fourth-order valence-corrected chi connectivity index (χ4v) is 14.2. The lowest BCUT2D eigenvalue weighted by Gasteiger charge is -2.48. The van der Waals surface area contributed by atoms with Gasteiger partial charge in [-0.15, -0.1) is 0 Å². The van der Waals surface area contributed by atoms with E-state index >= 15 is 0 Å². The largest absolute Gasteiger partial charge is 0.490 e. The molecule has 0 aliphatic carbocycles. The molecule has 1 fully saturated rings. The minimum absolute atomic E-state index is 0.128. The Morgan fingerprint density at radius 2 is 1.73 bits per heavy atom. The number of nitrogens with one attached hydrogen (secondary N) is 2. The number of carbonyl (C=O) groups excluding carboxylic acids is 1. The van der Waals surface area contributed by atoms with E-state index in [9.17, 15) is 61.1 Å². The first-order chi connectivity index (χ1) is 35.2. The van der Waals surface area contributed by atoms with Crippen LogP contribution in [0.2, 0.25) is 0 Å². The number of aliphatic hydroxyl groups excluding tert-OH is 2. The SMILES string of the molecule is CC[N+]1=c2cc3c(cc2CCC1)=Nc1cc2c(cc1O3)N(CCCC(=O)NCCCCCCOP(=O)(O)OP(=O)(O)OP(=O)(O)OC[C@H]1O[C@@H](n3cnc4c(=O)[nH]c(N)nc43)[C@H](O)[C@@H]1O)C(C)(C)CC2CS(=O)(=O)O. The number of rotatable bonds is 23. The standard InChI is InChI=1S/C43H60N9O19P3S/c1-4-50-14-9-11-25-17-28-32(19-30(25)50)68-33-20-31-27(18-29(33)47-28)26(23-75(63,64)65)21-43(2,3)52(31)15-10-12-35(53)45-13-7-5-6-8-16-66-72(57,58)70-74(61,62)71-73(59,60)67-22-34-37(54)38(55)41(69-34)51-24-46-36-39(51)48-42(44)49-40(36)56/h17-20,24,26,34,37-38,41,54-55H,4-16,21-23H2,1-3H3,(H7-,44,45,48,49,53,56,57,58,59,60,61,62,63,64,65)/p+1/t26?,34-,37-,38-,41-/m1/s1. The van der Waals surface area contributed by atoms with E-state index in [0.29, 0.717) is 73.3 Å². The van der Waals surface area contributed by atoms with Crippen molar-refractivity contribution in [2.24, 2.45) is 4.99 Å². The average molecular weight is 1130 g/mol. The number of aryl methyl sites for hydroxylation is 1. The Bertz CT molecular complexity index is 3290. The van der Waals surface area contributed by atoms with Crippen LogP contribution in [0.25, 0.3) is 11.2 Å². The van der Waals surface area contributed by atoms with Crippen LogP contribution < -0.4 is 41.5 Å². The number of amides is 1. The fraction of sp³-hybridized carbons (Fsp3) is 0.581. The number of carbonyl (C=O) groups is 1. The van der Waals surface area contributed by atoms with Crippen molar-refractivity contribution in [1.29, 1.82) is 0 Å². The normalized spacial score (nSPS) is 23.4. The number of hydrogen-bond acceptors (Lipinski definition) is 20.